The van der Waals surface area contributed by atoms with Crippen LogP contribution in [0.1, 0.15) is 26.7 Å². The Morgan fingerprint density at radius 3 is 2.11 bits per heavy atom. The van der Waals surface area contributed by atoms with Gasteiger partial charge in [0.05, 0.1) is 11.2 Å². The molecule has 6 heteroatoms. The van der Waals surface area contributed by atoms with Crippen molar-refractivity contribution in [2.24, 2.45) is 0 Å². The summed E-state index contributed by atoms with van der Waals surface area (Å²) in [5.41, 5.74) is 7.49. The normalized spacial score (nSPS) is 12.2. The zero-order valence-corrected chi connectivity index (χ0v) is 30.9. The van der Waals surface area contributed by atoms with E-state index < -0.39 is 19.2 Å². The number of benzene rings is 4. The van der Waals surface area contributed by atoms with Crippen LogP contribution in [0.2, 0.25) is 17.3 Å². The molecule has 0 atom stereocenters. The second kappa shape index (κ2) is 13.0. The summed E-state index contributed by atoms with van der Waals surface area (Å²) in [6, 6.07) is 38.8. The first-order valence-electron chi connectivity index (χ1n) is 15.7. The Morgan fingerprint density at radius 1 is 0.761 bits per heavy atom. The van der Waals surface area contributed by atoms with Crippen LogP contribution in [-0.2, 0) is 20.1 Å². The minimum Gasteiger partial charge on any atom is 0 e. The smallest absolute Gasteiger partial charge is 0 e. The van der Waals surface area contributed by atoms with Crippen LogP contribution in [0.15, 0.2) is 118 Å². The fourth-order valence-corrected chi connectivity index (χ4v) is 7.80. The molecular weight excluding hydrogens is 805 g/mol. The molecule has 1 radical (unpaired) electrons. The molecule has 0 amide bonds. The minimum absolute atomic E-state index is 0. The summed E-state index contributed by atoms with van der Waals surface area (Å²) < 4.78 is 22.4. The first kappa shape index (κ1) is 30.6. The molecule has 4 aromatic heterocycles. The molecule has 4 aromatic carbocycles. The van der Waals surface area contributed by atoms with E-state index in [1.165, 1.54) is 4.40 Å². The molecule has 46 heavy (non-hydrogen) atoms. The fraction of sp³-hybridized carbons (Fsp3) is 0.150. The Labute approximate surface area is 287 Å². The minimum atomic E-state index is -1.72. The zero-order chi connectivity index (χ0) is 32.1. The summed E-state index contributed by atoms with van der Waals surface area (Å²) in [5, 5.41) is 4.10. The van der Waals surface area contributed by atoms with Crippen LogP contribution < -0.4 is 4.40 Å². The van der Waals surface area contributed by atoms with Crippen LogP contribution in [0.5, 0.6) is 0 Å². The van der Waals surface area contributed by atoms with Gasteiger partial charge in [-0.25, -0.2) is 0 Å². The number of fused-ring (bicyclic) bond motifs is 7. The quantitative estimate of drug-likeness (QED) is 0.131. The van der Waals surface area contributed by atoms with Gasteiger partial charge >= 0.3 is 99.8 Å². The molecule has 0 bridgehead atoms. The van der Waals surface area contributed by atoms with Crippen LogP contribution in [0, 0.1) is 12.1 Å². The van der Waals surface area contributed by atoms with E-state index >= 15 is 0 Å². The van der Waals surface area contributed by atoms with Crippen molar-refractivity contribution in [3.05, 3.63) is 127 Å². The number of rotatable bonds is 4. The van der Waals surface area contributed by atoms with Crippen LogP contribution >= 0.6 is 0 Å². The van der Waals surface area contributed by atoms with Crippen molar-refractivity contribution in [1.82, 2.24) is 9.97 Å². The first-order chi connectivity index (χ1) is 22.1. The third-order valence-corrected chi connectivity index (χ3v) is 12.4. The van der Waals surface area contributed by atoms with Gasteiger partial charge in [-0.3, -0.25) is 0 Å². The molecule has 8 aromatic rings. The third kappa shape index (κ3) is 6.07. The van der Waals surface area contributed by atoms with Crippen molar-refractivity contribution >= 4 is 61.5 Å². The number of hydrogen-bond acceptors (Lipinski definition) is 4. The maximum Gasteiger partial charge on any atom is 0 e. The Kier molecular flexibility index (Phi) is 8.65. The molecule has 0 saturated heterocycles. The van der Waals surface area contributed by atoms with Gasteiger partial charge in [-0.15, -0.1) is 0 Å². The van der Waals surface area contributed by atoms with Crippen LogP contribution in [0.4, 0.5) is 0 Å². The van der Waals surface area contributed by atoms with E-state index in [1.807, 2.05) is 92.8 Å². The van der Waals surface area contributed by atoms with Crippen molar-refractivity contribution in [1.29, 1.82) is 0 Å². The maximum absolute atomic E-state index is 8.41. The number of para-hydroxylation sites is 2. The third-order valence-electron chi connectivity index (χ3n) is 8.11. The van der Waals surface area contributed by atoms with Crippen molar-refractivity contribution in [2.45, 2.75) is 37.0 Å². The van der Waals surface area contributed by atoms with Crippen molar-refractivity contribution < 1.29 is 30.3 Å². The Hall–Kier alpha value is -4.03. The van der Waals surface area contributed by atoms with Gasteiger partial charge in [-0.05, 0) is 45.9 Å². The predicted molar refractivity (Wildman–Crippen MR) is 189 cm³/mol. The molecule has 4 heterocycles. The zero-order valence-electron chi connectivity index (χ0n) is 27.4. The van der Waals surface area contributed by atoms with E-state index in [2.05, 4.69) is 63.6 Å². The molecule has 0 spiro atoms. The first-order valence-corrected chi connectivity index (χ1v) is 22.5. The summed E-state index contributed by atoms with van der Waals surface area (Å²) >= 11 is -1.72. The molecule has 0 aliphatic carbocycles. The van der Waals surface area contributed by atoms with Gasteiger partial charge < -0.3 is 13.8 Å². The molecule has 0 N–H and O–H groups in total. The Bertz CT molecular complexity index is 2330. The van der Waals surface area contributed by atoms with E-state index in [9.17, 15) is 0 Å². The van der Waals surface area contributed by atoms with Gasteiger partial charge in [0.2, 0.25) is 0 Å². The molecule has 0 saturated carbocycles. The van der Waals surface area contributed by atoms with E-state index in [-0.39, 0.29) is 20.1 Å². The van der Waals surface area contributed by atoms with Gasteiger partial charge in [0.25, 0.3) is 0 Å². The predicted octanol–water partition coefficient (Wildman–Crippen LogP) is 10.6. The Balaban J connectivity index is 0.000000194. The average molecular weight is 841 g/mol. The second-order valence-electron chi connectivity index (χ2n) is 12.5. The summed E-state index contributed by atoms with van der Waals surface area (Å²) in [4.78, 5) is 9.12. The SMILES string of the molecule is [2H]C(C)(C)c1ccnc(-c2[c-]c3oc4ccccc4c3c3c2oc2ccccc23)c1.[CH3][Ge]([CH3])([CH3])[c]1ccc(-c2[c-]cccc2)nc1.[Ir]. The van der Waals surface area contributed by atoms with E-state index in [0.717, 1.165) is 66.4 Å². The number of aromatic nitrogens is 2. The van der Waals surface area contributed by atoms with Crippen LogP contribution in [0.25, 0.3) is 66.4 Å². The van der Waals surface area contributed by atoms with Crippen molar-refractivity contribution in [3.63, 3.8) is 0 Å². The summed E-state index contributed by atoms with van der Waals surface area (Å²) in [6.07, 6.45) is 3.78. The summed E-state index contributed by atoms with van der Waals surface area (Å²) in [5.74, 6) is 6.41. The summed E-state index contributed by atoms with van der Waals surface area (Å²) in [7, 11) is 0. The van der Waals surface area contributed by atoms with Gasteiger partial charge in [0, 0.05) is 33.1 Å². The van der Waals surface area contributed by atoms with E-state index in [0.29, 0.717) is 5.58 Å². The fourth-order valence-electron chi connectivity index (χ4n) is 5.63. The van der Waals surface area contributed by atoms with Crippen molar-refractivity contribution in [2.75, 3.05) is 0 Å². The molecule has 0 aliphatic rings. The monoisotopic (exact) mass is 842 g/mol. The molecule has 8 rings (SSSR count). The van der Waals surface area contributed by atoms with Crippen LogP contribution in [-0.4, -0.2) is 23.2 Å². The van der Waals surface area contributed by atoms with Gasteiger partial charge in [0.15, 0.2) is 0 Å². The number of nitrogens with zero attached hydrogens (tertiary/aromatic N) is 2. The topological polar surface area (TPSA) is 52.1 Å². The van der Waals surface area contributed by atoms with Gasteiger partial charge in [-0.2, -0.15) is 0 Å². The largest absolute Gasteiger partial charge is 0 e. The van der Waals surface area contributed by atoms with Crippen molar-refractivity contribution in [3.8, 4) is 22.5 Å². The average Bonchev–Trinajstić information content (AvgIpc) is 3.63. The number of pyridine rings is 2. The van der Waals surface area contributed by atoms with Gasteiger partial charge in [0.1, 0.15) is 11.2 Å². The second-order valence-corrected chi connectivity index (χ2v) is 23.1. The Morgan fingerprint density at radius 2 is 1.46 bits per heavy atom. The summed E-state index contributed by atoms with van der Waals surface area (Å²) in [6.45, 7) is 3.74. The number of furan rings is 2. The number of hydrogen-bond donors (Lipinski definition) is 0. The standard InChI is InChI=1S/C26H18NO2.C14H16GeN.Ir/c1-15(2)16-11-12-27-20(13-16)19-14-23-24(17-7-3-5-9-21(17)28-23)25-18-8-4-6-10-22(18)29-26(19)25;1-15(2,3)13-9-10-14(16-11-13)12-7-5-4-6-8-12;/h3-13,15H,1-2H3;4-7,9-11H,1-3H3;/q2*-1;/i15D;;. The molecule has 0 unspecified atom stereocenters. The molecular formula is C40H34GeIrN2O2-2. The molecule has 0 fully saturated rings. The molecule has 231 valence electrons. The van der Waals surface area contributed by atoms with E-state index in [4.69, 9.17) is 10.2 Å². The van der Waals surface area contributed by atoms with E-state index in [1.54, 1.807) is 6.20 Å². The van der Waals surface area contributed by atoms with Crippen LogP contribution in [0.3, 0.4) is 0 Å². The van der Waals surface area contributed by atoms with Gasteiger partial charge in [-0.1, -0.05) is 73.5 Å². The molecule has 0 aliphatic heterocycles. The maximum atomic E-state index is 8.41. The molecule has 4 nitrogen and oxygen atoms in total.